The lowest BCUT2D eigenvalue weighted by Gasteiger charge is -2.09. The number of aromatic nitrogens is 2. The van der Waals surface area contributed by atoms with Crippen molar-refractivity contribution in [2.24, 2.45) is 0 Å². The molecule has 98 valence electrons. The Morgan fingerprint density at radius 1 is 1.28 bits per heavy atom. The molecule has 1 aliphatic heterocycles. The molecule has 0 spiro atoms. The van der Waals surface area contributed by atoms with E-state index in [0.29, 0.717) is 5.89 Å². The lowest BCUT2D eigenvalue weighted by molar-refractivity contribution is 0.402. The number of furan rings is 1. The summed E-state index contributed by atoms with van der Waals surface area (Å²) in [5.41, 5.74) is 0.831. The summed E-state index contributed by atoms with van der Waals surface area (Å²) in [5, 5.41) is 7.50. The summed E-state index contributed by atoms with van der Waals surface area (Å²) in [4.78, 5) is 4.42. The topological polar surface area (TPSA) is 64.1 Å². The van der Waals surface area contributed by atoms with Crippen molar-refractivity contribution in [2.45, 2.75) is 31.7 Å². The molecule has 1 fully saturated rings. The average Bonchev–Trinajstić information content (AvgIpc) is 2.95. The molecule has 1 unspecified atom stereocenters. The fourth-order valence-corrected chi connectivity index (χ4v) is 2.13. The first-order chi connectivity index (χ1) is 8.43. The molecular weight excluding hydrogens is 254 g/mol. The van der Waals surface area contributed by atoms with E-state index < -0.39 is 0 Å². The van der Waals surface area contributed by atoms with Crippen molar-refractivity contribution in [2.75, 3.05) is 6.54 Å². The minimum Gasteiger partial charge on any atom is -0.472 e. The molecule has 2 aromatic rings. The maximum atomic E-state index is 5.24. The summed E-state index contributed by atoms with van der Waals surface area (Å²) < 4.78 is 10.2. The first kappa shape index (κ1) is 13.1. The number of nitrogens with one attached hydrogen (secondary N) is 1. The van der Waals surface area contributed by atoms with E-state index in [2.05, 4.69) is 15.5 Å². The molecule has 0 saturated carbocycles. The van der Waals surface area contributed by atoms with Gasteiger partial charge in [0.25, 0.3) is 5.89 Å². The van der Waals surface area contributed by atoms with Gasteiger partial charge in [-0.05, 0) is 25.5 Å². The van der Waals surface area contributed by atoms with Gasteiger partial charge >= 0.3 is 0 Å². The largest absolute Gasteiger partial charge is 0.472 e. The first-order valence-electron chi connectivity index (χ1n) is 6.03. The zero-order valence-corrected chi connectivity index (χ0v) is 10.8. The van der Waals surface area contributed by atoms with Gasteiger partial charge in [-0.3, -0.25) is 0 Å². The van der Waals surface area contributed by atoms with Gasteiger partial charge in [-0.1, -0.05) is 18.0 Å². The molecule has 2 aromatic heterocycles. The monoisotopic (exact) mass is 269 g/mol. The minimum absolute atomic E-state index is 0. The predicted octanol–water partition coefficient (Wildman–Crippen LogP) is 2.96. The van der Waals surface area contributed by atoms with E-state index in [4.69, 9.17) is 8.94 Å². The highest BCUT2D eigenvalue weighted by Crippen LogP contribution is 2.23. The van der Waals surface area contributed by atoms with Crippen LogP contribution >= 0.6 is 12.4 Å². The van der Waals surface area contributed by atoms with Crippen molar-refractivity contribution in [1.29, 1.82) is 0 Å². The highest BCUT2D eigenvalue weighted by atomic mass is 35.5. The van der Waals surface area contributed by atoms with Crippen molar-refractivity contribution in [3.8, 4) is 11.5 Å². The van der Waals surface area contributed by atoms with Gasteiger partial charge in [-0.25, -0.2) is 0 Å². The quantitative estimate of drug-likeness (QED) is 0.908. The van der Waals surface area contributed by atoms with Gasteiger partial charge in [-0.2, -0.15) is 4.98 Å². The molecule has 3 rings (SSSR count). The second kappa shape index (κ2) is 6.02. The number of nitrogens with zero attached hydrogens (tertiary/aromatic N) is 2. The smallest absolute Gasteiger partial charge is 0.261 e. The van der Waals surface area contributed by atoms with Crippen LogP contribution in [0.5, 0.6) is 0 Å². The summed E-state index contributed by atoms with van der Waals surface area (Å²) >= 11 is 0. The van der Waals surface area contributed by atoms with E-state index in [1.165, 1.54) is 19.3 Å². The summed E-state index contributed by atoms with van der Waals surface area (Å²) in [6, 6.07) is 2.04. The molecule has 1 atom stereocenters. The zero-order valence-electron chi connectivity index (χ0n) is 9.96. The first-order valence-corrected chi connectivity index (χ1v) is 6.03. The molecule has 5 nitrogen and oxygen atoms in total. The number of hydrogen-bond acceptors (Lipinski definition) is 5. The third-order valence-corrected chi connectivity index (χ3v) is 3.08. The van der Waals surface area contributed by atoms with Crippen LogP contribution in [0.4, 0.5) is 0 Å². The third-order valence-electron chi connectivity index (χ3n) is 3.08. The molecule has 1 N–H and O–H groups in total. The fourth-order valence-electron chi connectivity index (χ4n) is 2.13. The second-order valence-corrected chi connectivity index (χ2v) is 4.33. The molecule has 0 amide bonds. The minimum atomic E-state index is 0. The van der Waals surface area contributed by atoms with Gasteiger partial charge in [0.05, 0.1) is 17.9 Å². The highest BCUT2D eigenvalue weighted by Gasteiger charge is 2.20. The Hall–Kier alpha value is -1.33. The molecule has 18 heavy (non-hydrogen) atoms. The highest BCUT2D eigenvalue weighted by molar-refractivity contribution is 5.85. The Bertz CT molecular complexity index is 461. The Morgan fingerprint density at radius 2 is 2.22 bits per heavy atom. The van der Waals surface area contributed by atoms with Gasteiger partial charge in [0.15, 0.2) is 5.82 Å². The van der Waals surface area contributed by atoms with E-state index in [1.807, 2.05) is 6.07 Å². The van der Waals surface area contributed by atoms with E-state index in [1.54, 1.807) is 12.5 Å². The van der Waals surface area contributed by atoms with Crippen LogP contribution in [0.15, 0.2) is 27.5 Å². The van der Waals surface area contributed by atoms with Gasteiger partial charge in [-0.15, -0.1) is 12.4 Å². The molecule has 3 heterocycles. The van der Waals surface area contributed by atoms with Crippen LogP contribution in [0.2, 0.25) is 0 Å². The van der Waals surface area contributed by atoms with Crippen molar-refractivity contribution in [1.82, 2.24) is 15.5 Å². The standard InChI is InChI=1S/C12H15N3O2.ClH/c1-2-4-10(13-6-3-1)11-14-12(17-15-11)9-5-7-16-8-9;/h5,7-8,10,13H,1-4,6H2;1H. The number of halogens is 1. The lowest BCUT2D eigenvalue weighted by Crippen LogP contribution is -2.21. The second-order valence-electron chi connectivity index (χ2n) is 4.33. The maximum Gasteiger partial charge on any atom is 0.261 e. The van der Waals surface area contributed by atoms with Crippen LogP contribution in [0.1, 0.15) is 37.5 Å². The van der Waals surface area contributed by atoms with Crippen LogP contribution in [0.3, 0.4) is 0 Å². The molecule has 0 aliphatic carbocycles. The van der Waals surface area contributed by atoms with Gasteiger partial charge in [0, 0.05) is 0 Å². The lowest BCUT2D eigenvalue weighted by atomic mass is 10.1. The molecule has 1 aliphatic rings. The van der Waals surface area contributed by atoms with Crippen molar-refractivity contribution >= 4 is 12.4 Å². The van der Waals surface area contributed by atoms with Crippen molar-refractivity contribution in [3.63, 3.8) is 0 Å². The number of rotatable bonds is 2. The van der Waals surface area contributed by atoms with Gasteiger partial charge < -0.3 is 14.3 Å². The van der Waals surface area contributed by atoms with Gasteiger partial charge in [0.2, 0.25) is 0 Å². The van der Waals surface area contributed by atoms with Crippen LogP contribution in [-0.2, 0) is 0 Å². The number of hydrogen-bond donors (Lipinski definition) is 1. The summed E-state index contributed by atoms with van der Waals surface area (Å²) in [5.74, 6) is 1.28. The molecule has 6 heteroatoms. The van der Waals surface area contributed by atoms with Crippen LogP contribution < -0.4 is 5.32 Å². The maximum absolute atomic E-state index is 5.24. The van der Waals surface area contributed by atoms with Crippen LogP contribution in [0, 0.1) is 0 Å². The van der Waals surface area contributed by atoms with Crippen LogP contribution in [-0.4, -0.2) is 16.7 Å². The van der Waals surface area contributed by atoms with Crippen LogP contribution in [0.25, 0.3) is 11.5 Å². The van der Waals surface area contributed by atoms with E-state index >= 15 is 0 Å². The molecule has 0 aromatic carbocycles. The summed E-state index contributed by atoms with van der Waals surface area (Å²) in [6.07, 6.45) is 8.00. The normalized spacial score (nSPS) is 20.1. The fraction of sp³-hybridized carbons (Fsp3) is 0.500. The molecule has 0 radical (unpaired) electrons. The molecular formula is C12H16ClN3O2. The van der Waals surface area contributed by atoms with E-state index in [9.17, 15) is 0 Å². The average molecular weight is 270 g/mol. The molecule has 0 bridgehead atoms. The van der Waals surface area contributed by atoms with Gasteiger partial charge in [0.1, 0.15) is 6.26 Å². The van der Waals surface area contributed by atoms with E-state index in [0.717, 1.165) is 24.4 Å². The summed E-state index contributed by atoms with van der Waals surface area (Å²) in [7, 11) is 0. The Balaban J connectivity index is 0.00000120. The molecule has 1 saturated heterocycles. The SMILES string of the molecule is Cl.c1cc(-c2nc(C3CCCCCN3)no2)co1. The Morgan fingerprint density at radius 3 is 3.06 bits per heavy atom. The zero-order chi connectivity index (χ0) is 11.5. The summed E-state index contributed by atoms with van der Waals surface area (Å²) in [6.45, 7) is 1.03. The third kappa shape index (κ3) is 2.73. The predicted molar refractivity (Wildman–Crippen MR) is 68.5 cm³/mol. The van der Waals surface area contributed by atoms with E-state index in [-0.39, 0.29) is 18.4 Å². The Kier molecular flexibility index (Phi) is 4.38. The Labute approximate surface area is 111 Å². The van der Waals surface area contributed by atoms with Crippen molar-refractivity contribution < 1.29 is 8.94 Å². The van der Waals surface area contributed by atoms with Crippen molar-refractivity contribution in [3.05, 3.63) is 24.4 Å².